The molecule has 1 atom stereocenters. The van der Waals surface area contributed by atoms with E-state index in [0.29, 0.717) is 5.92 Å². The Morgan fingerprint density at radius 1 is 1.12 bits per heavy atom. The van der Waals surface area contributed by atoms with E-state index in [1.165, 1.54) is 12.1 Å². The summed E-state index contributed by atoms with van der Waals surface area (Å²) in [4.78, 5) is 0. The number of halogens is 3. The van der Waals surface area contributed by atoms with Crippen LogP contribution in [-0.2, 0) is 6.18 Å². The Bertz CT molecular complexity index is 341. The molecule has 1 aromatic rings. The Hall–Kier alpha value is -1.19. The normalized spacial score (nSPS) is 13.8. The lowest BCUT2D eigenvalue weighted by Gasteiger charge is -2.22. The predicted octanol–water partition coefficient (Wildman–Crippen LogP) is 4.55. The number of hydrogen-bond acceptors (Lipinski definition) is 1. The molecule has 0 amide bonds. The van der Waals surface area contributed by atoms with Gasteiger partial charge in [-0.1, -0.05) is 20.8 Å². The largest absolute Gasteiger partial charge is 0.416 e. The molecule has 1 N–H and O–H groups in total. The fraction of sp³-hybridized carbons (Fsp3) is 0.538. The molecular weight excluding hydrogens is 227 g/mol. The summed E-state index contributed by atoms with van der Waals surface area (Å²) in [5.74, 6) is 0.447. The van der Waals surface area contributed by atoms with Gasteiger partial charge in [-0.2, -0.15) is 13.2 Å². The highest BCUT2D eigenvalue weighted by molar-refractivity contribution is 5.46. The minimum atomic E-state index is -4.26. The standard InChI is InChI=1S/C13H18F3N/c1-4-12(9(2)3)17-11-7-5-10(6-8-11)13(14,15)16/h5-9,12,17H,4H2,1-3H3. The van der Waals surface area contributed by atoms with Crippen molar-refractivity contribution in [3.05, 3.63) is 29.8 Å². The number of anilines is 1. The Morgan fingerprint density at radius 3 is 2.00 bits per heavy atom. The molecule has 1 nitrogen and oxygen atoms in total. The van der Waals surface area contributed by atoms with Crippen LogP contribution in [0.1, 0.15) is 32.8 Å². The summed E-state index contributed by atoms with van der Waals surface area (Å²) >= 11 is 0. The van der Waals surface area contributed by atoms with Gasteiger partial charge in [-0.05, 0) is 36.6 Å². The van der Waals surface area contributed by atoms with Crippen molar-refractivity contribution in [1.29, 1.82) is 0 Å². The predicted molar refractivity (Wildman–Crippen MR) is 64.0 cm³/mol. The third-order valence-corrected chi connectivity index (χ3v) is 2.81. The molecule has 1 aromatic carbocycles. The molecule has 4 heteroatoms. The van der Waals surface area contributed by atoms with Crippen LogP contribution in [0.2, 0.25) is 0 Å². The van der Waals surface area contributed by atoms with E-state index in [1.54, 1.807) is 0 Å². The van der Waals surface area contributed by atoms with Crippen LogP contribution in [0.15, 0.2) is 24.3 Å². The van der Waals surface area contributed by atoms with E-state index in [0.717, 1.165) is 24.2 Å². The van der Waals surface area contributed by atoms with E-state index in [2.05, 4.69) is 26.1 Å². The topological polar surface area (TPSA) is 12.0 Å². The first-order valence-electron chi connectivity index (χ1n) is 5.78. The molecule has 0 aromatic heterocycles. The third kappa shape index (κ3) is 3.95. The van der Waals surface area contributed by atoms with Crippen LogP contribution in [-0.4, -0.2) is 6.04 Å². The van der Waals surface area contributed by atoms with Gasteiger partial charge in [-0.25, -0.2) is 0 Å². The van der Waals surface area contributed by atoms with E-state index >= 15 is 0 Å². The molecule has 96 valence electrons. The molecule has 0 radical (unpaired) electrons. The number of nitrogens with one attached hydrogen (secondary N) is 1. The average molecular weight is 245 g/mol. The van der Waals surface area contributed by atoms with Gasteiger partial charge in [0, 0.05) is 11.7 Å². The molecule has 17 heavy (non-hydrogen) atoms. The SMILES string of the molecule is CCC(Nc1ccc(C(F)(F)F)cc1)C(C)C. The van der Waals surface area contributed by atoms with Crippen LogP contribution < -0.4 is 5.32 Å². The van der Waals surface area contributed by atoms with Crippen LogP contribution in [0.3, 0.4) is 0 Å². The summed E-state index contributed by atoms with van der Waals surface area (Å²) in [5, 5.41) is 3.24. The molecule has 0 aliphatic carbocycles. The van der Waals surface area contributed by atoms with Crippen LogP contribution >= 0.6 is 0 Å². The van der Waals surface area contributed by atoms with Crippen molar-refractivity contribution in [1.82, 2.24) is 0 Å². The van der Waals surface area contributed by atoms with Crippen LogP contribution in [0.25, 0.3) is 0 Å². The van der Waals surface area contributed by atoms with Gasteiger partial charge in [-0.15, -0.1) is 0 Å². The van der Waals surface area contributed by atoms with Crippen LogP contribution in [0.4, 0.5) is 18.9 Å². The van der Waals surface area contributed by atoms with Crippen molar-refractivity contribution in [3.63, 3.8) is 0 Å². The maximum absolute atomic E-state index is 12.4. The minimum absolute atomic E-state index is 0.284. The van der Waals surface area contributed by atoms with Crippen molar-refractivity contribution >= 4 is 5.69 Å². The molecule has 0 aliphatic rings. The molecule has 0 saturated heterocycles. The second-order valence-corrected chi connectivity index (χ2v) is 4.48. The Labute approximate surface area is 100 Å². The highest BCUT2D eigenvalue weighted by atomic mass is 19.4. The van der Waals surface area contributed by atoms with E-state index in [4.69, 9.17) is 0 Å². The van der Waals surface area contributed by atoms with Gasteiger partial charge in [0.05, 0.1) is 5.56 Å². The van der Waals surface area contributed by atoms with Crippen molar-refractivity contribution in [2.75, 3.05) is 5.32 Å². The highest BCUT2D eigenvalue weighted by Crippen LogP contribution is 2.30. The molecule has 1 rings (SSSR count). The first-order chi connectivity index (χ1) is 7.84. The smallest absolute Gasteiger partial charge is 0.382 e. The Kier molecular flexibility index (Phi) is 4.43. The van der Waals surface area contributed by atoms with E-state index in [9.17, 15) is 13.2 Å². The van der Waals surface area contributed by atoms with Gasteiger partial charge in [-0.3, -0.25) is 0 Å². The van der Waals surface area contributed by atoms with E-state index in [1.807, 2.05) is 0 Å². The quantitative estimate of drug-likeness (QED) is 0.820. The van der Waals surface area contributed by atoms with Crippen molar-refractivity contribution in [3.8, 4) is 0 Å². The molecule has 0 saturated carbocycles. The summed E-state index contributed by atoms with van der Waals surface area (Å²) in [6.45, 7) is 6.23. The molecule has 0 fully saturated rings. The van der Waals surface area contributed by atoms with Crippen molar-refractivity contribution < 1.29 is 13.2 Å². The van der Waals surface area contributed by atoms with E-state index in [-0.39, 0.29) is 6.04 Å². The zero-order valence-corrected chi connectivity index (χ0v) is 10.3. The van der Waals surface area contributed by atoms with Crippen LogP contribution in [0.5, 0.6) is 0 Å². The summed E-state index contributed by atoms with van der Waals surface area (Å²) in [7, 11) is 0. The summed E-state index contributed by atoms with van der Waals surface area (Å²) in [6.07, 6.45) is -3.32. The zero-order valence-electron chi connectivity index (χ0n) is 10.3. The van der Waals surface area contributed by atoms with Gasteiger partial charge in [0.1, 0.15) is 0 Å². The fourth-order valence-electron chi connectivity index (χ4n) is 1.71. The van der Waals surface area contributed by atoms with Crippen molar-refractivity contribution in [2.24, 2.45) is 5.92 Å². The van der Waals surface area contributed by atoms with Crippen molar-refractivity contribution in [2.45, 2.75) is 39.4 Å². The van der Waals surface area contributed by atoms with Gasteiger partial charge in [0.25, 0.3) is 0 Å². The summed E-state index contributed by atoms with van der Waals surface area (Å²) < 4.78 is 37.1. The van der Waals surface area contributed by atoms with Gasteiger partial charge in [0.15, 0.2) is 0 Å². The zero-order chi connectivity index (χ0) is 13.1. The average Bonchev–Trinajstić information content (AvgIpc) is 2.25. The lowest BCUT2D eigenvalue weighted by atomic mass is 10.0. The maximum Gasteiger partial charge on any atom is 0.416 e. The lowest BCUT2D eigenvalue weighted by molar-refractivity contribution is -0.137. The first-order valence-corrected chi connectivity index (χ1v) is 5.78. The third-order valence-electron chi connectivity index (χ3n) is 2.81. The minimum Gasteiger partial charge on any atom is -0.382 e. The molecule has 0 spiro atoms. The summed E-state index contributed by atoms with van der Waals surface area (Å²) in [5.41, 5.74) is 0.124. The molecule has 0 heterocycles. The van der Waals surface area contributed by atoms with Gasteiger partial charge >= 0.3 is 6.18 Å². The second kappa shape index (κ2) is 5.43. The Balaban J connectivity index is 2.75. The van der Waals surface area contributed by atoms with Crippen LogP contribution in [0, 0.1) is 5.92 Å². The number of alkyl halides is 3. The van der Waals surface area contributed by atoms with Gasteiger partial charge in [0.2, 0.25) is 0 Å². The van der Waals surface area contributed by atoms with Gasteiger partial charge < -0.3 is 5.32 Å². The highest BCUT2D eigenvalue weighted by Gasteiger charge is 2.29. The molecule has 0 bridgehead atoms. The maximum atomic E-state index is 12.4. The first kappa shape index (κ1) is 13.9. The number of hydrogen-bond donors (Lipinski definition) is 1. The second-order valence-electron chi connectivity index (χ2n) is 4.48. The summed E-state index contributed by atoms with van der Waals surface area (Å²) in [6, 6.07) is 5.46. The lowest BCUT2D eigenvalue weighted by Crippen LogP contribution is -2.24. The number of rotatable bonds is 4. The molecule has 0 aliphatic heterocycles. The number of benzene rings is 1. The monoisotopic (exact) mass is 245 g/mol. The molecule has 1 unspecified atom stereocenters. The van der Waals surface area contributed by atoms with E-state index < -0.39 is 11.7 Å². The molecular formula is C13H18F3N. The Morgan fingerprint density at radius 2 is 1.65 bits per heavy atom. The fourth-order valence-corrected chi connectivity index (χ4v) is 1.71.